The Morgan fingerprint density at radius 3 is 2.24 bits per heavy atom. The number of hydrazine groups is 1. The van der Waals surface area contributed by atoms with Gasteiger partial charge >= 0.3 is 0 Å². The van der Waals surface area contributed by atoms with Gasteiger partial charge in [-0.1, -0.05) is 50.2 Å². The van der Waals surface area contributed by atoms with Gasteiger partial charge in [-0.05, 0) is 29.2 Å². The van der Waals surface area contributed by atoms with Crippen LogP contribution in [0.4, 0.5) is 4.39 Å². The first-order chi connectivity index (χ1) is 10.1. The molecular formula is C17H21FN2S. The third kappa shape index (κ3) is 4.30. The molecule has 2 aromatic rings. The Balaban J connectivity index is 2.04. The van der Waals surface area contributed by atoms with Crippen molar-refractivity contribution < 1.29 is 4.39 Å². The second kappa shape index (κ2) is 7.59. The fraction of sp³-hybridized carbons (Fsp3) is 0.294. The van der Waals surface area contributed by atoms with Crippen molar-refractivity contribution in [3.8, 4) is 0 Å². The lowest BCUT2D eigenvalue weighted by molar-refractivity contribution is 0.596. The molecule has 0 aliphatic rings. The van der Waals surface area contributed by atoms with Gasteiger partial charge in [0.1, 0.15) is 5.82 Å². The minimum atomic E-state index is -0.187. The van der Waals surface area contributed by atoms with Crippen LogP contribution in [-0.2, 0) is 0 Å². The summed E-state index contributed by atoms with van der Waals surface area (Å²) in [7, 11) is 0. The van der Waals surface area contributed by atoms with E-state index in [0.29, 0.717) is 16.6 Å². The summed E-state index contributed by atoms with van der Waals surface area (Å²) >= 11 is 1.47. The van der Waals surface area contributed by atoms with Crippen LogP contribution in [-0.4, -0.2) is 5.75 Å². The van der Waals surface area contributed by atoms with Crippen molar-refractivity contribution in [1.29, 1.82) is 0 Å². The fourth-order valence-electron chi connectivity index (χ4n) is 2.09. The molecule has 0 bridgehead atoms. The molecule has 1 atom stereocenters. The van der Waals surface area contributed by atoms with Gasteiger partial charge in [0.25, 0.3) is 0 Å². The smallest absolute Gasteiger partial charge is 0.136 e. The van der Waals surface area contributed by atoms with Crippen molar-refractivity contribution in [2.75, 3.05) is 5.75 Å². The van der Waals surface area contributed by atoms with E-state index in [0.717, 1.165) is 5.56 Å². The first-order valence-electron chi connectivity index (χ1n) is 7.05. The minimum absolute atomic E-state index is 0.00387. The highest BCUT2D eigenvalue weighted by molar-refractivity contribution is 7.99. The molecule has 0 heterocycles. The molecular weight excluding hydrogens is 283 g/mol. The molecule has 0 saturated carbocycles. The molecule has 0 aliphatic heterocycles. The number of thioether (sulfide) groups is 1. The van der Waals surface area contributed by atoms with Gasteiger partial charge < -0.3 is 0 Å². The molecule has 112 valence electrons. The molecule has 0 fully saturated rings. The van der Waals surface area contributed by atoms with E-state index in [1.807, 2.05) is 6.07 Å². The van der Waals surface area contributed by atoms with Crippen LogP contribution < -0.4 is 11.3 Å². The largest absolute Gasteiger partial charge is 0.271 e. The van der Waals surface area contributed by atoms with Gasteiger partial charge in [0, 0.05) is 10.6 Å². The van der Waals surface area contributed by atoms with Crippen molar-refractivity contribution in [2.45, 2.75) is 30.7 Å². The molecule has 2 aromatic carbocycles. The number of benzene rings is 2. The number of nitrogens with two attached hydrogens (primary N) is 1. The molecule has 1 unspecified atom stereocenters. The average Bonchev–Trinajstić information content (AvgIpc) is 2.50. The van der Waals surface area contributed by atoms with Gasteiger partial charge in [0.15, 0.2) is 0 Å². The average molecular weight is 304 g/mol. The maximum atomic E-state index is 13.6. The third-order valence-electron chi connectivity index (χ3n) is 3.45. The molecule has 0 amide bonds. The topological polar surface area (TPSA) is 38.0 Å². The standard InChI is InChI=1S/C17H21FN2S/c1-12(2)13-7-9-14(10-8-13)16(20-19)11-21-17-6-4-3-5-15(17)18/h3-10,12,16,20H,11,19H2,1-2H3. The predicted molar refractivity (Wildman–Crippen MR) is 87.7 cm³/mol. The number of halogens is 1. The Labute approximate surface area is 129 Å². The van der Waals surface area contributed by atoms with Crippen molar-refractivity contribution in [3.05, 3.63) is 65.5 Å². The van der Waals surface area contributed by atoms with Gasteiger partial charge in [-0.3, -0.25) is 11.3 Å². The third-order valence-corrected chi connectivity index (χ3v) is 4.59. The molecule has 21 heavy (non-hydrogen) atoms. The normalized spacial score (nSPS) is 12.6. The molecule has 2 nitrogen and oxygen atoms in total. The number of hydrogen-bond donors (Lipinski definition) is 2. The Kier molecular flexibility index (Phi) is 5.79. The molecule has 0 radical (unpaired) electrons. The van der Waals surface area contributed by atoms with Crippen molar-refractivity contribution in [2.24, 2.45) is 5.84 Å². The van der Waals surface area contributed by atoms with E-state index < -0.39 is 0 Å². The second-order valence-electron chi connectivity index (χ2n) is 5.28. The summed E-state index contributed by atoms with van der Waals surface area (Å²) in [5, 5.41) is 0. The van der Waals surface area contributed by atoms with Gasteiger partial charge in [0.2, 0.25) is 0 Å². The molecule has 0 aliphatic carbocycles. The van der Waals surface area contributed by atoms with Crippen molar-refractivity contribution in [1.82, 2.24) is 5.43 Å². The van der Waals surface area contributed by atoms with Crippen molar-refractivity contribution in [3.63, 3.8) is 0 Å². The highest BCUT2D eigenvalue weighted by Gasteiger charge is 2.12. The molecule has 0 aromatic heterocycles. The second-order valence-corrected chi connectivity index (χ2v) is 6.34. The Hall–Kier alpha value is -1.36. The SMILES string of the molecule is CC(C)c1ccc(C(CSc2ccccc2F)NN)cc1. The zero-order chi connectivity index (χ0) is 15.2. The maximum Gasteiger partial charge on any atom is 0.136 e. The maximum absolute atomic E-state index is 13.6. The molecule has 0 spiro atoms. The lowest BCUT2D eigenvalue weighted by Crippen LogP contribution is -2.29. The van der Waals surface area contributed by atoms with E-state index in [1.54, 1.807) is 12.1 Å². The summed E-state index contributed by atoms with van der Waals surface area (Å²) in [6.07, 6.45) is 0. The van der Waals surface area contributed by atoms with Crippen LogP contribution in [0.2, 0.25) is 0 Å². The highest BCUT2D eigenvalue weighted by atomic mass is 32.2. The molecule has 3 N–H and O–H groups in total. The Bertz CT molecular complexity index is 569. The zero-order valence-electron chi connectivity index (χ0n) is 12.3. The Morgan fingerprint density at radius 1 is 1.05 bits per heavy atom. The van der Waals surface area contributed by atoms with Gasteiger partial charge in [-0.2, -0.15) is 0 Å². The fourth-order valence-corrected chi connectivity index (χ4v) is 3.10. The van der Waals surface area contributed by atoms with Gasteiger partial charge in [-0.15, -0.1) is 11.8 Å². The first-order valence-corrected chi connectivity index (χ1v) is 8.03. The quantitative estimate of drug-likeness (QED) is 0.476. The number of hydrogen-bond acceptors (Lipinski definition) is 3. The summed E-state index contributed by atoms with van der Waals surface area (Å²) in [5.41, 5.74) is 5.23. The van der Waals surface area contributed by atoms with Gasteiger partial charge in [-0.25, -0.2) is 4.39 Å². The summed E-state index contributed by atoms with van der Waals surface area (Å²) in [6, 6.07) is 15.2. The summed E-state index contributed by atoms with van der Waals surface area (Å²) in [6.45, 7) is 4.34. The number of rotatable bonds is 6. The van der Waals surface area contributed by atoms with E-state index in [2.05, 4.69) is 43.5 Å². The van der Waals surface area contributed by atoms with E-state index in [4.69, 9.17) is 5.84 Å². The Morgan fingerprint density at radius 2 is 1.67 bits per heavy atom. The van der Waals surface area contributed by atoms with E-state index >= 15 is 0 Å². The van der Waals surface area contributed by atoms with Crippen LogP contribution in [0.5, 0.6) is 0 Å². The first kappa shape index (κ1) is 16.0. The lowest BCUT2D eigenvalue weighted by Gasteiger charge is -2.17. The van der Waals surface area contributed by atoms with E-state index in [9.17, 15) is 4.39 Å². The monoisotopic (exact) mass is 304 g/mol. The van der Waals surface area contributed by atoms with Crippen molar-refractivity contribution >= 4 is 11.8 Å². The predicted octanol–water partition coefficient (Wildman–Crippen LogP) is 4.25. The van der Waals surface area contributed by atoms with Crippen LogP contribution in [0, 0.1) is 5.82 Å². The van der Waals surface area contributed by atoms with Crippen LogP contribution in [0.25, 0.3) is 0 Å². The summed E-state index contributed by atoms with van der Waals surface area (Å²) < 4.78 is 13.6. The van der Waals surface area contributed by atoms with Crippen LogP contribution in [0.3, 0.4) is 0 Å². The van der Waals surface area contributed by atoms with E-state index in [-0.39, 0.29) is 11.9 Å². The van der Waals surface area contributed by atoms with Crippen LogP contribution in [0.1, 0.15) is 36.9 Å². The molecule has 0 saturated heterocycles. The molecule has 4 heteroatoms. The van der Waals surface area contributed by atoms with Gasteiger partial charge in [0.05, 0.1) is 6.04 Å². The van der Waals surface area contributed by atoms with Crippen LogP contribution >= 0.6 is 11.8 Å². The number of nitrogens with one attached hydrogen (secondary N) is 1. The molecule has 2 rings (SSSR count). The van der Waals surface area contributed by atoms with E-state index in [1.165, 1.54) is 23.4 Å². The minimum Gasteiger partial charge on any atom is -0.271 e. The zero-order valence-corrected chi connectivity index (χ0v) is 13.2. The van der Waals surface area contributed by atoms with Crippen LogP contribution in [0.15, 0.2) is 53.4 Å². The summed E-state index contributed by atoms with van der Waals surface area (Å²) in [4.78, 5) is 0.650. The highest BCUT2D eigenvalue weighted by Crippen LogP contribution is 2.27. The summed E-state index contributed by atoms with van der Waals surface area (Å²) in [5.74, 6) is 6.65. The lowest BCUT2D eigenvalue weighted by atomic mass is 10.00.